The zero-order valence-corrected chi connectivity index (χ0v) is 17.2. The first-order valence-corrected chi connectivity index (χ1v) is 10.3. The van der Waals surface area contributed by atoms with Crippen LogP contribution in [0.2, 0.25) is 0 Å². The van der Waals surface area contributed by atoms with E-state index in [0.29, 0.717) is 18.7 Å². The molecule has 2 saturated heterocycles. The van der Waals surface area contributed by atoms with Crippen LogP contribution in [0.15, 0.2) is 48.5 Å². The van der Waals surface area contributed by atoms with Crippen molar-refractivity contribution in [3.63, 3.8) is 0 Å². The molecule has 29 heavy (non-hydrogen) atoms. The molecule has 2 heterocycles. The second-order valence-electron chi connectivity index (χ2n) is 8.09. The van der Waals surface area contributed by atoms with E-state index in [2.05, 4.69) is 0 Å². The number of likely N-dealkylation sites (tertiary alicyclic amines) is 2. The minimum absolute atomic E-state index is 0.0526. The molecule has 5 nitrogen and oxygen atoms in total. The number of hydrogen-bond donors (Lipinski definition) is 0. The Labute approximate surface area is 172 Å². The number of benzene rings is 2. The zero-order chi connectivity index (χ0) is 20.4. The van der Waals surface area contributed by atoms with E-state index in [1.54, 1.807) is 13.2 Å². The average molecular weight is 392 g/mol. The molecule has 0 saturated carbocycles. The van der Waals surface area contributed by atoms with Crippen molar-refractivity contribution >= 4 is 11.8 Å². The van der Waals surface area contributed by atoms with E-state index in [1.165, 1.54) is 0 Å². The van der Waals surface area contributed by atoms with Gasteiger partial charge in [0, 0.05) is 25.2 Å². The minimum Gasteiger partial charge on any atom is -0.496 e. The van der Waals surface area contributed by atoms with E-state index in [9.17, 15) is 9.59 Å². The molecular weight excluding hydrogens is 364 g/mol. The van der Waals surface area contributed by atoms with Gasteiger partial charge in [-0.1, -0.05) is 30.3 Å². The molecule has 5 heteroatoms. The Bertz CT molecular complexity index is 912. The summed E-state index contributed by atoms with van der Waals surface area (Å²) in [6.07, 6.45) is 3.28. The molecule has 0 aromatic heterocycles. The van der Waals surface area contributed by atoms with Gasteiger partial charge in [-0.3, -0.25) is 9.59 Å². The predicted octanol–water partition coefficient (Wildman–Crippen LogP) is 3.80. The Hall–Kier alpha value is -2.82. The van der Waals surface area contributed by atoms with E-state index >= 15 is 0 Å². The lowest BCUT2D eigenvalue weighted by Crippen LogP contribution is -2.61. The first-order valence-electron chi connectivity index (χ1n) is 10.3. The van der Waals surface area contributed by atoms with Crippen LogP contribution in [0.4, 0.5) is 0 Å². The van der Waals surface area contributed by atoms with Gasteiger partial charge in [-0.15, -0.1) is 0 Å². The van der Waals surface area contributed by atoms with E-state index in [-0.39, 0.29) is 11.8 Å². The minimum atomic E-state index is -0.696. The van der Waals surface area contributed by atoms with Crippen LogP contribution in [0.5, 0.6) is 5.75 Å². The van der Waals surface area contributed by atoms with Crippen molar-refractivity contribution in [3.05, 3.63) is 65.2 Å². The van der Waals surface area contributed by atoms with Crippen LogP contribution in [0.3, 0.4) is 0 Å². The number of nitrogens with zero attached hydrogens (tertiary/aromatic N) is 2. The van der Waals surface area contributed by atoms with Crippen molar-refractivity contribution in [1.29, 1.82) is 0 Å². The number of ether oxygens (including phenoxy) is 1. The van der Waals surface area contributed by atoms with Crippen molar-refractivity contribution in [2.24, 2.45) is 0 Å². The maximum Gasteiger partial charge on any atom is 0.254 e. The number of hydrogen-bond acceptors (Lipinski definition) is 3. The molecule has 2 aromatic carbocycles. The normalized spacial score (nSPS) is 21.7. The lowest BCUT2D eigenvalue weighted by atomic mass is 9.84. The Kier molecular flexibility index (Phi) is 5.31. The number of carbonyl (C=O) groups is 2. The standard InChI is InChI=1S/C24H28N2O3/c1-18-16-20(10-11-21(18)29-2)22(27)26-15-7-13-24(26)12-6-14-25(23(24)28)17-19-8-4-3-5-9-19/h3-5,8-11,16H,6-7,12-15,17H2,1-2H3. The van der Waals surface area contributed by atoms with E-state index in [4.69, 9.17) is 4.74 Å². The number of carbonyl (C=O) groups excluding carboxylic acids is 2. The van der Waals surface area contributed by atoms with Gasteiger partial charge in [0.1, 0.15) is 11.3 Å². The van der Waals surface area contributed by atoms with Crippen LogP contribution in [-0.4, -0.2) is 47.4 Å². The molecule has 4 rings (SSSR count). The summed E-state index contributed by atoms with van der Waals surface area (Å²) in [5, 5.41) is 0. The van der Waals surface area contributed by atoms with Crippen LogP contribution in [0.25, 0.3) is 0 Å². The summed E-state index contributed by atoms with van der Waals surface area (Å²) < 4.78 is 5.32. The zero-order valence-electron chi connectivity index (χ0n) is 17.2. The molecule has 2 aliphatic rings. The second kappa shape index (κ2) is 7.90. The van der Waals surface area contributed by atoms with Crippen molar-refractivity contribution < 1.29 is 14.3 Å². The fraction of sp³-hybridized carbons (Fsp3) is 0.417. The van der Waals surface area contributed by atoms with Crippen molar-refractivity contribution in [2.75, 3.05) is 20.2 Å². The van der Waals surface area contributed by atoms with Gasteiger partial charge in [0.05, 0.1) is 7.11 Å². The van der Waals surface area contributed by atoms with Gasteiger partial charge >= 0.3 is 0 Å². The monoisotopic (exact) mass is 392 g/mol. The molecule has 0 N–H and O–H groups in total. The molecule has 2 aromatic rings. The van der Waals surface area contributed by atoms with Gasteiger partial charge in [0.15, 0.2) is 0 Å². The molecule has 2 fully saturated rings. The molecule has 0 aliphatic carbocycles. The highest BCUT2D eigenvalue weighted by Gasteiger charge is 2.52. The molecule has 2 aliphatic heterocycles. The summed E-state index contributed by atoms with van der Waals surface area (Å²) >= 11 is 0. The van der Waals surface area contributed by atoms with Crippen molar-refractivity contribution in [3.8, 4) is 5.75 Å². The Balaban J connectivity index is 1.59. The van der Waals surface area contributed by atoms with Gasteiger partial charge in [-0.25, -0.2) is 0 Å². The summed E-state index contributed by atoms with van der Waals surface area (Å²) in [5.41, 5.74) is 1.97. The van der Waals surface area contributed by atoms with Gasteiger partial charge in [-0.05, 0) is 61.9 Å². The average Bonchev–Trinajstić information content (AvgIpc) is 3.16. The highest BCUT2D eigenvalue weighted by molar-refractivity contribution is 6.00. The van der Waals surface area contributed by atoms with Gasteiger partial charge < -0.3 is 14.5 Å². The molecule has 1 spiro atoms. The summed E-state index contributed by atoms with van der Waals surface area (Å²) in [4.78, 5) is 30.8. The molecule has 1 unspecified atom stereocenters. The number of amides is 2. The highest BCUT2D eigenvalue weighted by Crippen LogP contribution is 2.39. The predicted molar refractivity (Wildman–Crippen MR) is 112 cm³/mol. The number of methoxy groups -OCH3 is 1. The quantitative estimate of drug-likeness (QED) is 0.795. The Morgan fingerprint density at radius 2 is 1.79 bits per heavy atom. The fourth-order valence-corrected chi connectivity index (χ4v) is 4.84. The molecule has 1 atom stereocenters. The Morgan fingerprint density at radius 1 is 1.07 bits per heavy atom. The van der Waals surface area contributed by atoms with Gasteiger partial charge in [-0.2, -0.15) is 0 Å². The van der Waals surface area contributed by atoms with E-state index in [0.717, 1.165) is 49.1 Å². The SMILES string of the molecule is COc1ccc(C(=O)N2CCCC23CCCN(Cc2ccccc2)C3=O)cc1C. The van der Waals surface area contributed by atoms with Crippen LogP contribution in [0, 0.1) is 6.92 Å². The molecule has 0 radical (unpaired) electrons. The molecule has 0 bridgehead atoms. The number of rotatable bonds is 4. The largest absolute Gasteiger partial charge is 0.496 e. The van der Waals surface area contributed by atoms with E-state index in [1.807, 2.05) is 59.2 Å². The van der Waals surface area contributed by atoms with Crippen LogP contribution < -0.4 is 4.74 Å². The smallest absolute Gasteiger partial charge is 0.254 e. The maximum absolute atomic E-state index is 13.6. The lowest BCUT2D eigenvalue weighted by molar-refractivity contribution is -0.146. The van der Waals surface area contributed by atoms with Gasteiger partial charge in [0.25, 0.3) is 5.91 Å². The first-order chi connectivity index (χ1) is 14.0. The van der Waals surface area contributed by atoms with Crippen LogP contribution >= 0.6 is 0 Å². The molecule has 152 valence electrons. The molecule has 2 amide bonds. The van der Waals surface area contributed by atoms with E-state index < -0.39 is 5.54 Å². The molecular formula is C24H28N2O3. The third-order valence-corrected chi connectivity index (χ3v) is 6.30. The van der Waals surface area contributed by atoms with Crippen molar-refractivity contribution in [1.82, 2.24) is 9.80 Å². The Morgan fingerprint density at radius 3 is 2.48 bits per heavy atom. The van der Waals surface area contributed by atoms with Crippen LogP contribution in [0.1, 0.15) is 47.2 Å². The third kappa shape index (κ3) is 3.50. The maximum atomic E-state index is 13.6. The third-order valence-electron chi connectivity index (χ3n) is 6.30. The number of aryl methyl sites for hydroxylation is 1. The lowest BCUT2D eigenvalue weighted by Gasteiger charge is -2.44. The topological polar surface area (TPSA) is 49.9 Å². The summed E-state index contributed by atoms with van der Waals surface area (Å²) in [7, 11) is 1.63. The van der Waals surface area contributed by atoms with Gasteiger partial charge in [0.2, 0.25) is 5.91 Å². The summed E-state index contributed by atoms with van der Waals surface area (Å²) in [5.74, 6) is 0.812. The van der Waals surface area contributed by atoms with Crippen molar-refractivity contribution in [2.45, 2.75) is 44.7 Å². The first kappa shape index (κ1) is 19.5. The number of piperidine rings is 1. The van der Waals surface area contributed by atoms with Crippen LogP contribution in [-0.2, 0) is 11.3 Å². The highest BCUT2D eigenvalue weighted by atomic mass is 16.5. The summed E-state index contributed by atoms with van der Waals surface area (Å²) in [6, 6.07) is 15.6. The summed E-state index contributed by atoms with van der Waals surface area (Å²) in [6.45, 7) is 3.92. The second-order valence-corrected chi connectivity index (χ2v) is 8.09. The fourth-order valence-electron chi connectivity index (χ4n) is 4.84.